The van der Waals surface area contributed by atoms with Crippen molar-refractivity contribution in [3.8, 4) is 0 Å². The van der Waals surface area contributed by atoms with Gasteiger partial charge in [-0.05, 0) is 58.1 Å². The van der Waals surface area contributed by atoms with Gasteiger partial charge in [0.15, 0.2) is 0 Å². The highest BCUT2D eigenvalue weighted by Crippen LogP contribution is 2.41. The lowest BCUT2D eigenvalue weighted by atomic mass is 9.92. The average molecular weight is 566 g/mol. The quantitative estimate of drug-likeness (QED) is 0.294. The predicted molar refractivity (Wildman–Crippen MR) is 172 cm³/mol. The Bertz CT molecular complexity index is 1230. The molecule has 0 aliphatic carbocycles. The molecule has 2 saturated heterocycles. The average Bonchev–Trinajstić information content (AvgIpc) is 3.54. The summed E-state index contributed by atoms with van der Waals surface area (Å²) in [6.45, 7) is 25.4. The number of nitrogens with zero attached hydrogens (tertiary/aromatic N) is 5. The Morgan fingerprint density at radius 1 is 0.548 bits per heavy atom. The second-order valence-electron chi connectivity index (χ2n) is 12.8. The molecular formula is C35H47N7. The molecule has 4 radical (unpaired) electrons. The van der Waals surface area contributed by atoms with E-state index in [0.29, 0.717) is 23.7 Å². The highest BCUT2D eigenvalue weighted by atomic mass is 15.8. The van der Waals surface area contributed by atoms with Gasteiger partial charge in [-0.25, -0.2) is 10.0 Å². The smallest absolute Gasteiger partial charge is 0.138 e. The Morgan fingerprint density at radius 3 is 1.17 bits per heavy atom. The van der Waals surface area contributed by atoms with E-state index in [0.717, 1.165) is 11.4 Å². The first-order valence-corrected chi connectivity index (χ1v) is 15.3. The molecule has 7 heteroatoms. The predicted octanol–water partition coefficient (Wildman–Crippen LogP) is 7.48. The fourth-order valence-electron chi connectivity index (χ4n) is 5.98. The van der Waals surface area contributed by atoms with Crippen LogP contribution in [-0.2, 0) is 0 Å². The van der Waals surface area contributed by atoms with E-state index < -0.39 is 0 Å². The molecule has 2 fully saturated rings. The van der Waals surface area contributed by atoms with Gasteiger partial charge < -0.3 is 0 Å². The SMILES string of the molecule is CC(C)c1cccc(C(C)C)c1N1[C]C(c2cccc(C3[C]N(c4c(C(C)C)cccc4C(C)C)NN3C)n2)N(C)N1. The van der Waals surface area contributed by atoms with E-state index in [9.17, 15) is 0 Å². The zero-order valence-electron chi connectivity index (χ0n) is 26.9. The molecule has 2 aliphatic rings. The summed E-state index contributed by atoms with van der Waals surface area (Å²) >= 11 is 0. The number of nitrogens with one attached hydrogen (secondary N) is 2. The minimum absolute atomic E-state index is 0.143. The Hall–Kier alpha value is -2.97. The topological polar surface area (TPSA) is 49.9 Å². The molecule has 42 heavy (non-hydrogen) atoms. The third kappa shape index (κ3) is 5.80. The normalized spacial score (nSPS) is 20.3. The van der Waals surface area contributed by atoms with E-state index in [1.165, 1.54) is 33.6 Å². The molecule has 2 unspecified atom stereocenters. The van der Waals surface area contributed by atoms with Gasteiger partial charge in [-0.3, -0.25) is 15.0 Å². The van der Waals surface area contributed by atoms with Gasteiger partial charge in [-0.1, -0.05) is 97.9 Å². The van der Waals surface area contributed by atoms with E-state index in [-0.39, 0.29) is 12.1 Å². The van der Waals surface area contributed by atoms with E-state index in [1.807, 2.05) is 0 Å². The number of anilines is 2. The lowest BCUT2D eigenvalue weighted by Crippen LogP contribution is -2.38. The minimum Gasteiger partial charge on any atom is -0.281 e. The van der Waals surface area contributed by atoms with Gasteiger partial charge in [0.25, 0.3) is 0 Å². The monoisotopic (exact) mass is 565 g/mol. The van der Waals surface area contributed by atoms with Gasteiger partial charge in [-0.2, -0.15) is 11.1 Å². The van der Waals surface area contributed by atoms with E-state index in [4.69, 9.17) is 4.98 Å². The summed E-state index contributed by atoms with van der Waals surface area (Å²) in [5.41, 5.74) is 16.6. The number of pyridine rings is 1. The molecule has 2 aliphatic heterocycles. The zero-order valence-corrected chi connectivity index (χ0v) is 26.9. The van der Waals surface area contributed by atoms with Gasteiger partial charge >= 0.3 is 0 Å². The highest BCUT2D eigenvalue weighted by molar-refractivity contribution is 5.64. The van der Waals surface area contributed by atoms with Gasteiger partial charge in [0, 0.05) is 14.1 Å². The summed E-state index contributed by atoms with van der Waals surface area (Å²) in [7, 11) is 4.11. The third-order valence-electron chi connectivity index (χ3n) is 8.28. The van der Waals surface area contributed by atoms with Crippen molar-refractivity contribution in [3.63, 3.8) is 0 Å². The van der Waals surface area contributed by atoms with Crippen LogP contribution in [0.2, 0.25) is 0 Å². The minimum atomic E-state index is -0.143. The first kappa shape index (κ1) is 30.5. The number of likely N-dealkylation sites (N-methyl/N-ethyl adjacent to an activating group) is 2. The molecule has 2 aromatic carbocycles. The van der Waals surface area contributed by atoms with E-state index >= 15 is 0 Å². The van der Waals surface area contributed by atoms with Crippen molar-refractivity contribution in [1.82, 2.24) is 26.1 Å². The standard InChI is InChI=1S/C35H47N7/c1-22(2)26-14-11-15-27(23(3)4)34(26)41-20-32(39(9)37-41)30-18-13-19-31(36-30)33-21-42(38-40(33)10)35-28(24(5)6)16-12-17-29(35)25(7)8/h11-19,22-25,32-33,37-38H,1-10H3. The number of hydrazine groups is 4. The van der Waals surface area contributed by atoms with Crippen molar-refractivity contribution in [2.75, 3.05) is 24.1 Å². The van der Waals surface area contributed by atoms with Gasteiger partial charge in [0.1, 0.15) is 13.1 Å². The highest BCUT2D eigenvalue weighted by Gasteiger charge is 2.37. The summed E-state index contributed by atoms with van der Waals surface area (Å²) < 4.78 is 0. The van der Waals surface area contributed by atoms with Crippen LogP contribution in [0.5, 0.6) is 0 Å². The van der Waals surface area contributed by atoms with Crippen molar-refractivity contribution >= 4 is 11.4 Å². The first-order chi connectivity index (χ1) is 20.0. The van der Waals surface area contributed by atoms with Gasteiger partial charge in [-0.15, -0.1) is 0 Å². The van der Waals surface area contributed by atoms with Crippen molar-refractivity contribution in [1.29, 1.82) is 0 Å². The second kappa shape index (κ2) is 12.3. The van der Waals surface area contributed by atoms with Crippen LogP contribution < -0.4 is 21.1 Å². The molecule has 1 aromatic heterocycles. The van der Waals surface area contributed by atoms with Gasteiger partial charge in [0.05, 0.1) is 34.8 Å². The van der Waals surface area contributed by atoms with Crippen LogP contribution in [0.3, 0.4) is 0 Å². The Morgan fingerprint density at radius 2 is 0.857 bits per heavy atom. The van der Waals surface area contributed by atoms with Crippen LogP contribution in [0.1, 0.15) is 125 Å². The van der Waals surface area contributed by atoms with Crippen LogP contribution in [0.25, 0.3) is 0 Å². The molecule has 0 spiro atoms. The largest absolute Gasteiger partial charge is 0.281 e. The molecule has 0 bridgehead atoms. The maximum absolute atomic E-state index is 5.18. The molecule has 7 nitrogen and oxygen atoms in total. The fourth-order valence-corrected chi connectivity index (χ4v) is 5.98. The molecule has 2 N–H and O–H groups in total. The van der Waals surface area contributed by atoms with Crippen LogP contribution in [0, 0.1) is 13.1 Å². The van der Waals surface area contributed by atoms with Crippen LogP contribution in [0.15, 0.2) is 54.6 Å². The van der Waals surface area contributed by atoms with Crippen molar-refractivity contribution < 1.29 is 0 Å². The van der Waals surface area contributed by atoms with E-state index in [2.05, 4.69) is 168 Å². The molecule has 0 saturated carbocycles. The van der Waals surface area contributed by atoms with Crippen LogP contribution in [0.4, 0.5) is 11.4 Å². The van der Waals surface area contributed by atoms with Crippen LogP contribution >= 0.6 is 0 Å². The first-order valence-electron chi connectivity index (χ1n) is 15.3. The molecular weight excluding hydrogens is 518 g/mol. The Kier molecular flexibility index (Phi) is 8.95. The third-order valence-corrected chi connectivity index (χ3v) is 8.28. The number of aromatic nitrogens is 1. The van der Waals surface area contributed by atoms with Crippen molar-refractivity contribution in [3.05, 3.63) is 101 Å². The fraction of sp³-hybridized carbons (Fsp3) is 0.457. The number of benzene rings is 2. The molecule has 3 aromatic rings. The second-order valence-corrected chi connectivity index (χ2v) is 12.8. The lowest BCUT2D eigenvalue weighted by Gasteiger charge is -2.27. The molecule has 3 heterocycles. The van der Waals surface area contributed by atoms with Crippen molar-refractivity contribution in [2.45, 2.75) is 91.1 Å². The maximum Gasteiger partial charge on any atom is 0.138 e. The van der Waals surface area contributed by atoms with Gasteiger partial charge in [0.2, 0.25) is 0 Å². The maximum atomic E-state index is 5.18. The summed E-state index contributed by atoms with van der Waals surface area (Å²) in [4.78, 5) is 5.18. The lowest BCUT2D eigenvalue weighted by molar-refractivity contribution is 0.232. The molecule has 0 amide bonds. The van der Waals surface area contributed by atoms with E-state index in [1.54, 1.807) is 0 Å². The number of hydrogen-bond acceptors (Lipinski definition) is 7. The molecule has 2 atom stereocenters. The Balaban J connectivity index is 1.42. The zero-order chi connectivity index (χ0) is 30.3. The summed E-state index contributed by atoms with van der Waals surface area (Å²) in [5.74, 6) is 1.57. The number of rotatable bonds is 8. The summed E-state index contributed by atoms with van der Waals surface area (Å²) in [5, 5.41) is 8.31. The number of para-hydroxylation sites is 2. The number of hydrogen-bond donors (Lipinski definition) is 2. The summed E-state index contributed by atoms with van der Waals surface area (Å²) in [6.07, 6.45) is 0. The van der Waals surface area contributed by atoms with Crippen molar-refractivity contribution in [2.24, 2.45) is 0 Å². The van der Waals surface area contributed by atoms with Crippen LogP contribution in [-0.4, -0.2) is 29.1 Å². The molecule has 5 rings (SSSR count). The summed E-state index contributed by atoms with van der Waals surface area (Å²) in [6, 6.07) is 19.2. The Labute approximate surface area is 253 Å². The molecule has 222 valence electrons.